The minimum absolute atomic E-state index is 0.0309. The van der Waals surface area contributed by atoms with Gasteiger partial charge in [-0.2, -0.15) is 23.1 Å². The molecular formula is C29H22ClF6N9O3. The highest BCUT2D eigenvalue weighted by atomic mass is 35.5. The van der Waals surface area contributed by atoms with Crippen molar-refractivity contribution in [2.45, 2.75) is 39.5 Å². The van der Waals surface area contributed by atoms with E-state index in [1.54, 1.807) is 26.0 Å². The van der Waals surface area contributed by atoms with E-state index < -0.39 is 42.5 Å². The van der Waals surface area contributed by atoms with Gasteiger partial charge in [0.05, 0.1) is 22.0 Å². The number of tetrazole rings is 1. The smallest absolute Gasteiger partial charge is 0.406 e. The molecular weight excluding hydrogens is 672 g/mol. The van der Waals surface area contributed by atoms with Gasteiger partial charge in [0.2, 0.25) is 0 Å². The number of nitrogens with zero attached hydrogens (tertiary/aromatic N) is 7. The number of rotatable bonds is 9. The quantitative estimate of drug-likeness (QED) is 0.188. The van der Waals surface area contributed by atoms with Crippen molar-refractivity contribution in [1.82, 2.24) is 40.3 Å². The van der Waals surface area contributed by atoms with Crippen molar-refractivity contribution >= 4 is 29.1 Å². The molecule has 0 radical (unpaired) electrons. The molecule has 2 N–H and O–H groups in total. The highest BCUT2D eigenvalue weighted by molar-refractivity contribution is 6.32. The number of halogens is 7. The summed E-state index contributed by atoms with van der Waals surface area (Å²) in [6.07, 6.45) is -8.28. The average Bonchev–Trinajstić information content (AvgIpc) is 3.65. The Morgan fingerprint density at radius 3 is 2.33 bits per heavy atom. The van der Waals surface area contributed by atoms with Crippen LogP contribution in [-0.2, 0) is 19.3 Å². The topological polar surface area (TPSA) is 142 Å². The molecule has 0 bridgehead atoms. The molecule has 250 valence electrons. The highest BCUT2D eigenvalue weighted by Gasteiger charge is 2.37. The first-order valence-corrected chi connectivity index (χ1v) is 14.1. The lowest BCUT2D eigenvalue weighted by molar-refractivity contribution is -0.274. The number of pyridine rings is 1. The number of aryl methyl sites for hydroxylation is 2. The summed E-state index contributed by atoms with van der Waals surface area (Å²) in [7, 11) is 0. The van der Waals surface area contributed by atoms with Gasteiger partial charge in [0.1, 0.15) is 18.0 Å². The van der Waals surface area contributed by atoms with Gasteiger partial charge in [-0.05, 0) is 72.1 Å². The molecule has 0 atom stereocenters. The zero-order chi connectivity index (χ0) is 34.8. The van der Waals surface area contributed by atoms with E-state index in [1.807, 2.05) is 0 Å². The first kappa shape index (κ1) is 33.8. The Labute approximate surface area is 271 Å². The molecule has 0 spiro atoms. The number of nitrogens with one attached hydrogen (secondary N) is 2. The number of carbonyl (C=O) groups is 2. The molecule has 5 rings (SSSR count). The molecule has 0 aliphatic heterocycles. The number of anilines is 1. The number of aromatic nitrogens is 7. The van der Waals surface area contributed by atoms with Crippen LogP contribution in [0.3, 0.4) is 0 Å². The third-order valence-electron chi connectivity index (χ3n) is 6.52. The number of ether oxygens (including phenoxy) is 1. The molecule has 0 unspecified atom stereocenters. The van der Waals surface area contributed by atoms with Crippen LogP contribution in [0, 0.1) is 13.8 Å². The Kier molecular flexibility index (Phi) is 9.38. The summed E-state index contributed by atoms with van der Waals surface area (Å²) < 4.78 is 81.3. The third kappa shape index (κ3) is 8.06. The van der Waals surface area contributed by atoms with Crippen LogP contribution in [0.2, 0.25) is 5.02 Å². The third-order valence-corrected chi connectivity index (χ3v) is 6.81. The van der Waals surface area contributed by atoms with Gasteiger partial charge in [0.25, 0.3) is 17.6 Å². The lowest BCUT2D eigenvalue weighted by atomic mass is 10.0. The summed E-state index contributed by atoms with van der Waals surface area (Å²) in [6, 6.07) is 12.5. The first-order valence-electron chi connectivity index (χ1n) is 13.7. The van der Waals surface area contributed by atoms with Gasteiger partial charge < -0.3 is 15.4 Å². The van der Waals surface area contributed by atoms with E-state index in [4.69, 9.17) is 11.6 Å². The van der Waals surface area contributed by atoms with E-state index in [0.29, 0.717) is 21.5 Å². The maximum absolute atomic E-state index is 13.8. The summed E-state index contributed by atoms with van der Waals surface area (Å²) in [6.45, 7) is 2.93. The Morgan fingerprint density at radius 2 is 1.69 bits per heavy atom. The van der Waals surface area contributed by atoms with Crippen molar-refractivity contribution in [2.24, 2.45) is 0 Å². The van der Waals surface area contributed by atoms with Crippen molar-refractivity contribution in [2.75, 3.05) is 5.32 Å². The molecule has 0 aliphatic rings. The average molecular weight is 694 g/mol. The monoisotopic (exact) mass is 693 g/mol. The molecule has 0 saturated heterocycles. The summed E-state index contributed by atoms with van der Waals surface area (Å²) in [5.74, 6) is -3.23. The zero-order valence-electron chi connectivity index (χ0n) is 24.7. The fourth-order valence-corrected chi connectivity index (χ4v) is 4.71. The fraction of sp³-hybridized carbons (Fsp3) is 0.207. The van der Waals surface area contributed by atoms with Crippen LogP contribution in [0.4, 0.5) is 32.0 Å². The highest BCUT2D eigenvalue weighted by Crippen LogP contribution is 2.27. The Balaban J connectivity index is 1.41. The van der Waals surface area contributed by atoms with E-state index in [9.17, 15) is 35.9 Å². The van der Waals surface area contributed by atoms with Crippen LogP contribution >= 0.6 is 11.6 Å². The molecule has 2 amide bonds. The van der Waals surface area contributed by atoms with Gasteiger partial charge in [-0.3, -0.25) is 9.59 Å². The molecule has 12 nitrogen and oxygen atoms in total. The van der Waals surface area contributed by atoms with Gasteiger partial charge in [-0.15, -0.1) is 23.4 Å². The molecule has 2 aromatic carbocycles. The number of benzene rings is 2. The molecule has 48 heavy (non-hydrogen) atoms. The number of alkyl halides is 6. The van der Waals surface area contributed by atoms with Gasteiger partial charge in [-0.25, -0.2) is 9.67 Å². The van der Waals surface area contributed by atoms with Gasteiger partial charge in [0, 0.05) is 12.7 Å². The Bertz CT molecular complexity index is 1970. The maximum Gasteiger partial charge on any atom is 0.573 e. The van der Waals surface area contributed by atoms with Crippen molar-refractivity contribution in [1.29, 1.82) is 0 Å². The van der Waals surface area contributed by atoms with E-state index in [-0.39, 0.29) is 40.0 Å². The van der Waals surface area contributed by atoms with Crippen molar-refractivity contribution in [3.05, 3.63) is 105 Å². The number of carbonyl (C=O) groups excluding carboxylic acids is 2. The molecule has 3 aromatic heterocycles. The number of hydrogen-bond acceptors (Lipinski definition) is 8. The van der Waals surface area contributed by atoms with Gasteiger partial charge >= 0.3 is 12.5 Å². The fourth-order valence-electron chi connectivity index (χ4n) is 4.51. The minimum Gasteiger partial charge on any atom is -0.406 e. The molecule has 0 aliphatic carbocycles. The van der Waals surface area contributed by atoms with E-state index >= 15 is 0 Å². The molecule has 0 fully saturated rings. The van der Waals surface area contributed by atoms with Gasteiger partial charge in [0.15, 0.2) is 5.82 Å². The lowest BCUT2D eigenvalue weighted by Gasteiger charge is -2.16. The number of amides is 2. The Hall–Kier alpha value is -5.52. The second-order valence-corrected chi connectivity index (χ2v) is 10.6. The van der Waals surface area contributed by atoms with Crippen molar-refractivity contribution in [3.63, 3.8) is 0 Å². The summed E-state index contributed by atoms with van der Waals surface area (Å²) in [5.41, 5.74) is 1.79. The lowest BCUT2D eigenvalue weighted by Crippen LogP contribution is -2.26. The largest absolute Gasteiger partial charge is 0.573 e. The minimum atomic E-state index is -4.85. The van der Waals surface area contributed by atoms with Crippen LogP contribution in [0.15, 0.2) is 60.8 Å². The Morgan fingerprint density at radius 1 is 0.958 bits per heavy atom. The predicted molar refractivity (Wildman–Crippen MR) is 156 cm³/mol. The van der Waals surface area contributed by atoms with Crippen LogP contribution < -0.4 is 15.4 Å². The van der Waals surface area contributed by atoms with Crippen LogP contribution in [-0.4, -0.2) is 53.1 Å². The zero-order valence-corrected chi connectivity index (χ0v) is 25.4. The first-order chi connectivity index (χ1) is 22.6. The normalized spacial score (nSPS) is 11.8. The SMILES string of the molecule is Cc1cc(C)c(NC(=O)c2cc(Cn3nnc(C(F)(F)F)n3)nn2-c2ncccc2Cl)c(C(=O)NCc2ccc(OC(F)(F)F)cc2)c1. The molecule has 19 heteroatoms. The van der Waals surface area contributed by atoms with Crippen LogP contribution in [0.1, 0.15) is 49.1 Å². The standard InChI is InChI=1S/C29H22ClF6N9O3/c1-15-10-16(2)23(20(11-15)25(46)38-13-17-5-7-19(8-6-17)48-29(34,35)36)39-26(47)22-12-18(14-44-42-27(40-43-44)28(31,32)33)41-45(22)24-21(30)4-3-9-37-24/h3-12H,13-14H2,1-2H3,(H,38,46)(H,39,47). The van der Waals surface area contributed by atoms with Crippen molar-refractivity contribution < 1.29 is 40.7 Å². The van der Waals surface area contributed by atoms with E-state index in [1.165, 1.54) is 36.5 Å². The number of hydrogen-bond donors (Lipinski definition) is 2. The van der Waals surface area contributed by atoms with E-state index in [0.717, 1.165) is 16.8 Å². The summed E-state index contributed by atoms with van der Waals surface area (Å²) in [4.78, 5) is 31.9. The summed E-state index contributed by atoms with van der Waals surface area (Å²) in [5, 5.41) is 19.5. The maximum atomic E-state index is 13.8. The molecule has 0 saturated carbocycles. The molecule has 3 heterocycles. The second-order valence-electron chi connectivity index (χ2n) is 10.2. The summed E-state index contributed by atoms with van der Waals surface area (Å²) >= 11 is 6.32. The van der Waals surface area contributed by atoms with Crippen LogP contribution in [0.5, 0.6) is 5.75 Å². The molecule has 5 aromatic rings. The second kappa shape index (κ2) is 13.3. The van der Waals surface area contributed by atoms with Gasteiger partial charge in [-0.1, -0.05) is 29.8 Å². The van der Waals surface area contributed by atoms with Crippen LogP contribution in [0.25, 0.3) is 5.82 Å². The predicted octanol–water partition coefficient (Wildman–Crippen LogP) is 5.67. The van der Waals surface area contributed by atoms with Crippen molar-refractivity contribution in [3.8, 4) is 11.6 Å². The van der Waals surface area contributed by atoms with E-state index in [2.05, 4.69) is 40.9 Å².